The number of rotatable bonds is 2. The molecule has 2 rings (SSSR count). The van der Waals surface area contributed by atoms with Crippen LogP contribution in [0.3, 0.4) is 0 Å². The summed E-state index contributed by atoms with van der Waals surface area (Å²) in [5.74, 6) is -0.240. The van der Waals surface area contributed by atoms with Crippen LogP contribution in [0.5, 0.6) is 11.5 Å². The quantitative estimate of drug-likeness (QED) is 0.800. The highest BCUT2D eigenvalue weighted by Crippen LogP contribution is 2.28. The maximum absolute atomic E-state index is 11.6. The van der Waals surface area contributed by atoms with Crippen LogP contribution in [-0.2, 0) is 4.74 Å². The number of benzene rings is 1. The van der Waals surface area contributed by atoms with Gasteiger partial charge in [-0.2, -0.15) is 0 Å². The van der Waals surface area contributed by atoms with Gasteiger partial charge in [-0.15, -0.1) is 0 Å². The Hall–Kier alpha value is -2.30. The van der Waals surface area contributed by atoms with E-state index < -0.39 is 5.97 Å². The van der Waals surface area contributed by atoms with E-state index in [9.17, 15) is 9.90 Å². The van der Waals surface area contributed by atoms with Crippen LogP contribution in [0.1, 0.15) is 10.4 Å². The van der Waals surface area contributed by atoms with E-state index in [1.54, 1.807) is 18.2 Å². The number of ether oxygens (including phenoxy) is 2. The Balaban J connectivity index is 2.77. The molecule has 5 heteroatoms. The van der Waals surface area contributed by atoms with Crippen LogP contribution in [0.15, 0.2) is 24.4 Å². The zero-order valence-corrected chi connectivity index (χ0v) is 9.43. The summed E-state index contributed by atoms with van der Waals surface area (Å²) in [6.45, 7) is 0. The molecule has 0 aliphatic rings. The highest BCUT2D eigenvalue weighted by Gasteiger charge is 2.17. The van der Waals surface area contributed by atoms with Gasteiger partial charge in [0.2, 0.25) is 0 Å². The Labute approximate surface area is 97.6 Å². The van der Waals surface area contributed by atoms with Crippen LogP contribution < -0.4 is 4.74 Å². The topological polar surface area (TPSA) is 68.7 Å². The van der Waals surface area contributed by atoms with Gasteiger partial charge in [-0.05, 0) is 18.2 Å². The first kappa shape index (κ1) is 11.2. The number of carbonyl (C=O) groups excluding carboxylic acids is 1. The molecule has 1 aromatic carbocycles. The number of aromatic hydroxyl groups is 1. The van der Waals surface area contributed by atoms with Gasteiger partial charge in [-0.3, -0.25) is 4.98 Å². The average molecular weight is 233 g/mol. The third-order valence-corrected chi connectivity index (χ3v) is 2.44. The number of methoxy groups -OCH3 is 2. The van der Waals surface area contributed by atoms with Gasteiger partial charge >= 0.3 is 5.97 Å². The third kappa shape index (κ3) is 1.87. The first-order valence-electron chi connectivity index (χ1n) is 4.91. The van der Waals surface area contributed by atoms with Gasteiger partial charge in [0.05, 0.1) is 25.9 Å². The highest BCUT2D eigenvalue weighted by atomic mass is 16.5. The van der Waals surface area contributed by atoms with Crippen LogP contribution in [0.4, 0.5) is 0 Å². The second kappa shape index (κ2) is 4.29. The molecule has 0 aliphatic heterocycles. The van der Waals surface area contributed by atoms with Crippen molar-refractivity contribution < 1.29 is 19.4 Å². The molecule has 1 heterocycles. The molecular formula is C12H11NO4. The molecule has 1 N–H and O–H groups in total. The number of hydrogen-bond acceptors (Lipinski definition) is 5. The Bertz CT molecular complexity index is 580. The maximum Gasteiger partial charge on any atom is 0.342 e. The first-order valence-corrected chi connectivity index (χ1v) is 4.91. The van der Waals surface area contributed by atoms with E-state index >= 15 is 0 Å². The lowest BCUT2D eigenvalue weighted by atomic mass is 10.1. The average Bonchev–Trinajstić information content (AvgIpc) is 2.37. The standard InChI is InChI=1S/C12H11NO4/c1-16-7-3-4-9-8(5-7)11(12(15)17-2)10(14)6-13-9/h3-6,14H,1-2H3. The molecule has 17 heavy (non-hydrogen) atoms. The number of carbonyl (C=O) groups is 1. The number of aromatic nitrogens is 1. The van der Waals surface area contributed by atoms with Crippen molar-refractivity contribution >= 4 is 16.9 Å². The molecule has 0 saturated heterocycles. The molecule has 5 nitrogen and oxygen atoms in total. The van der Waals surface area contributed by atoms with Crippen molar-refractivity contribution in [2.75, 3.05) is 14.2 Å². The van der Waals surface area contributed by atoms with E-state index in [2.05, 4.69) is 9.72 Å². The molecule has 0 spiro atoms. The summed E-state index contributed by atoms with van der Waals surface area (Å²) >= 11 is 0. The van der Waals surface area contributed by atoms with E-state index in [4.69, 9.17) is 4.74 Å². The van der Waals surface area contributed by atoms with Crippen LogP contribution in [0.2, 0.25) is 0 Å². The van der Waals surface area contributed by atoms with Gasteiger partial charge in [0, 0.05) is 5.39 Å². The molecule has 0 atom stereocenters. The molecule has 0 aliphatic carbocycles. The van der Waals surface area contributed by atoms with Crippen LogP contribution in [-0.4, -0.2) is 30.3 Å². The lowest BCUT2D eigenvalue weighted by Gasteiger charge is -2.07. The van der Waals surface area contributed by atoms with Gasteiger partial charge in [0.1, 0.15) is 17.1 Å². The summed E-state index contributed by atoms with van der Waals surface area (Å²) in [7, 11) is 2.78. The van der Waals surface area contributed by atoms with Crippen LogP contribution >= 0.6 is 0 Å². The Morgan fingerprint density at radius 1 is 1.35 bits per heavy atom. The molecule has 0 saturated carbocycles. The lowest BCUT2D eigenvalue weighted by Crippen LogP contribution is -2.03. The normalized spacial score (nSPS) is 10.2. The molecule has 2 aromatic rings. The van der Waals surface area contributed by atoms with E-state index in [0.29, 0.717) is 16.7 Å². The molecular weight excluding hydrogens is 222 g/mol. The smallest absolute Gasteiger partial charge is 0.342 e. The van der Waals surface area contributed by atoms with Crippen molar-refractivity contribution in [1.29, 1.82) is 0 Å². The van der Waals surface area contributed by atoms with E-state index in [1.165, 1.54) is 20.4 Å². The van der Waals surface area contributed by atoms with Gasteiger partial charge in [-0.25, -0.2) is 4.79 Å². The zero-order chi connectivity index (χ0) is 12.4. The van der Waals surface area contributed by atoms with E-state index in [0.717, 1.165) is 0 Å². The van der Waals surface area contributed by atoms with Crippen molar-refractivity contribution in [3.8, 4) is 11.5 Å². The zero-order valence-electron chi connectivity index (χ0n) is 9.43. The predicted octanol–water partition coefficient (Wildman–Crippen LogP) is 1.74. The molecule has 0 bridgehead atoms. The largest absolute Gasteiger partial charge is 0.505 e. The molecule has 88 valence electrons. The number of esters is 1. The van der Waals surface area contributed by atoms with Crippen LogP contribution in [0.25, 0.3) is 10.9 Å². The fourth-order valence-electron chi connectivity index (χ4n) is 1.60. The Morgan fingerprint density at radius 3 is 2.76 bits per heavy atom. The molecule has 0 fully saturated rings. The Morgan fingerprint density at radius 2 is 2.12 bits per heavy atom. The van der Waals surface area contributed by atoms with Crippen molar-refractivity contribution in [2.24, 2.45) is 0 Å². The summed E-state index contributed by atoms with van der Waals surface area (Å²) in [6.07, 6.45) is 1.22. The van der Waals surface area contributed by atoms with Crippen LogP contribution in [0, 0.1) is 0 Å². The lowest BCUT2D eigenvalue weighted by molar-refractivity contribution is 0.0599. The number of hydrogen-bond donors (Lipinski definition) is 1. The SMILES string of the molecule is COC(=O)c1c(O)cnc2ccc(OC)cc12. The van der Waals surface area contributed by atoms with Gasteiger partial charge in [0.25, 0.3) is 0 Å². The summed E-state index contributed by atoms with van der Waals surface area (Å²) in [4.78, 5) is 15.6. The fraction of sp³-hybridized carbons (Fsp3) is 0.167. The maximum atomic E-state index is 11.6. The Kier molecular flexibility index (Phi) is 2.82. The second-order valence-electron chi connectivity index (χ2n) is 3.39. The summed E-state index contributed by atoms with van der Waals surface area (Å²) in [5.41, 5.74) is 0.681. The number of fused-ring (bicyclic) bond motifs is 1. The third-order valence-electron chi connectivity index (χ3n) is 2.44. The summed E-state index contributed by atoms with van der Waals surface area (Å²) < 4.78 is 9.70. The van der Waals surface area contributed by atoms with Gasteiger partial charge in [0.15, 0.2) is 0 Å². The predicted molar refractivity (Wildman–Crippen MR) is 61.3 cm³/mol. The molecule has 0 radical (unpaired) electrons. The van der Waals surface area contributed by atoms with E-state index in [1.807, 2.05) is 0 Å². The fourth-order valence-corrected chi connectivity index (χ4v) is 1.60. The van der Waals surface area contributed by atoms with Crippen molar-refractivity contribution in [2.45, 2.75) is 0 Å². The van der Waals surface area contributed by atoms with Crippen molar-refractivity contribution in [1.82, 2.24) is 4.98 Å². The summed E-state index contributed by atoms with van der Waals surface area (Å²) in [5, 5.41) is 10.2. The van der Waals surface area contributed by atoms with Gasteiger partial charge < -0.3 is 14.6 Å². The molecule has 0 unspecified atom stereocenters. The van der Waals surface area contributed by atoms with Gasteiger partial charge in [-0.1, -0.05) is 0 Å². The minimum absolute atomic E-state index is 0.0939. The van der Waals surface area contributed by atoms with Crippen molar-refractivity contribution in [3.63, 3.8) is 0 Å². The first-order chi connectivity index (χ1) is 8.17. The minimum atomic E-state index is -0.608. The van der Waals surface area contributed by atoms with Crippen molar-refractivity contribution in [3.05, 3.63) is 30.0 Å². The highest BCUT2D eigenvalue weighted by molar-refractivity contribution is 6.06. The summed E-state index contributed by atoms with van der Waals surface area (Å²) in [6, 6.07) is 5.07. The second-order valence-corrected chi connectivity index (χ2v) is 3.39. The molecule has 1 aromatic heterocycles. The number of nitrogens with zero attached hydrogens (tertiary/aromatic N) is 1. The monoisotopic (exact) mass is 233 g/mol. The van der Waals surface area contributed by atoms with E-state index in [-0.39, 0.29) is 11.3 Å². The number of pyridine rings is 1. The molecule has 0 amide bonds. The minimum Gasteiger partial charge on any atom is -0.505 e.